The van der Waals surface area contributed by atoms with Crippen molar-refractivity contribution in [1.82, 2.24) is 0 Å². The molecule has 49 heavy (non-hydrogen) atoms. The van der Waals surface area contributed by atoms with Crippen LogP contribution < -0.4 is 4.90 Å². The summed E-state index contributed by atoms with van der Waals surface area (Å²) in [6, 6.07) is 63.1. The van der Waals surface area contributed by atoms with E-state index in [0.717, 1.165) is 50.1 Å². The maximum absolute atomic E-state index is 6.95. The van der Waals surface area contributed by atoms with Crippen molar-refractivity contribution in [3.8, 4) is 22.3 Å². The maximum atomic E-state index is 6.95. The Bertz CT molecular complexity index is 2830. The molecule has 0 N–H and O–H groups in total. The summed E-state index contributed by atoms with van der Waals surface area (Å²) in [5.41, 5.74) is 9.63. The molecule has 0 saturated carbocycles. The molecular weight excluding hydrogens is 615 g/mol. The third kappa shape index (κ3) is 4.62. The summed E-state index contributed by atoms with van der Waals surface area (Å²) in [6.07, 6.45) is 0. The van der Waals surface area contributed by atoms with Crippen LogP contribution in [0, 0.1) is 0 Å². The first-order valence-electron chi connectivity index (χ1n) is 16.6. The van der Waals surface area contributed by atoms with Crippen LogP contribution in [0.15, 0.2) is 180 Å². The molecule has 0 aliphatic carbocycles. The first-order chi connectivity index (χ1) is 24.3. The standard InChI is InChI=1S/C46H29NOS/c1-3-11-30(12-4-1)32-21-22-34-28-35(24-23-33(34)27-32)47(36-25-26-44-41(29-36)38-15-7-8-20-43(38)49-44)42-19-10-18-40-39-17-9-16-37(45(39)48-46(40)42)31-13-5-2-6-14-31/h1-29H. The molecule has 3 heteroatoms. The molecule has 0 radical (unpaired) electrons. The lowest BCUT2D eigenvalue weighted by Gasteiger charge is -2.26. The highest BCUT2D eigenvalue weighted by Crippen LogP contribution is 2.46. The lowest BCUT2D eigenvalue weighted by molar-refractivity contribution is 0.670. The number of anilines is 3. The number of rotatable bonds is 5. The summed E-state index contributed by atoms with van der Waals surface area (Å²) >= 11 is 1.84. The molecule has 230 valence electrons. The molecule has 0 spiro atoms. The molecule has 2 aromatic heterocycles. The Morgan fingerprint density at radius 3 is 1.88 bits per heavy atom. The molecule has 0 unspecified atom stereocenters. The van der Waals surface area contributed by atoms with Crippen molar-refractivity contribution in [3.05, 3.63) is 176 Å². The Hall–Kier alpha value is -6.16. The number of hydrogen-bond acceptors (Lipinski definition) is 3. The Morgan fingerprint density at radius 1 is 0.388 bits per heavy atom. The van der Waals surface area contributed by atoms with Gasteiger partial charge in [0.15, 0.2) is 5.58 Å². The van der Waals surface area contributed by atoms with Gasteiger partial charge in [-0.1, -0.05) is 127 Å². The summed E-state index contributed by atoms with van der Waals surface area (Å²) in [6.45, 7) is 0. The van der Waals surface area contributed by atoms with E-state index in [1.807, 2.05) is 11.3 Å². The van der Waals surface area contributed by atoms with Gasteiger partial charge in [0.25, 0.3) is 0 Å². The van der Waals surface area contributed by atoms with Gasteiger partial charge in [-0.05, 0) is 76.0 Å². The highest BCUT2D eigenvalue weighted by Gasteiger charge is 2.22. The molecule has 0 amide bonds. The van der Waals surface area contributed by atoms with Crippen LogP contribution in [0.2, 0.25) is 0 Å². The van der Waals surface area contributed by atoms with E-state index in [9.17, 15) is 0 Å². The molecule has 8 aromatic carbocycles. The summed E-state index contributed by atoms with van der Waals surface area (Å²) in [5.74, 6) is 0. The molecule has 2 nitrogen and oxygen atoms in total. The third-order valence-electron chi connectivity index (χ3n) is 9.64. The summed E-state index contributed by atoms with van der Waals surface area (Å²) in [7, 11) is 0. The SMILES string of the molecule is c1ccc(-c2ccc3cc(N(c4ccc5sc6ccccc6c5c4)c4cccc5c4oc4c(-c6ccccc6)cccc45)ccc3c2)cc1. The fraction of sp³-hybridized carbons (Fsp3) is 0. The monoisotopic (exact) mass is 643 g/mol. The maximum Gasteiger partial charge on any atom is 0.159 e. The molecule has 0 fully saturated rings. The van der Waals surface area contributed by atoms with Crippen molar-refractivity contribution in [2.45, 2.75) is 0 Å². The predicted molar refractivity (Wildman–Crippen MR) is 210 cm³/mol. The molecule has 0 aliphatic heterocycles. The number of para-hydroxylation sites is 2. The lowest BCUT2D eigenvalue weighted by Crippen LogP contribution is -2.10. The molecule has 2 heterocycles. The van der Waals surface area contributed by atoms with Crippen molar-refractivity contribution >= 4 is 81.3 Å². The van der Waals surface area contributed by atoms with Gasteiger partial charge in [-0.3, -0.25) is 0 Å². The van der Waals surface area contributed by atoms with Crippen LogP contribution in [0.25, 0.3) is 75.1 Å². The fourth-order valence-corrected chi connectivity index (χ4v) is 8.38. The van der Waals surface area contributed by atoms with Crippen LogP contribution in [0.4, 0.5) is 17.1 Å². The van der Waals surface area contributed by atoms with Crippen LogP contribution in [0.1, 0.15) is 0 Å². The number of thiophene rings is 1. The number of fused-ring (bicyclic) bond motifs is 7. The zero-order chi connectivity index (χ0) is 32.3. The van der Waals surface area contributed by atoms with E-state index in [1.165, 1.54) is 42.1 Å². The van der Waals surface area contributed by atoms with E-state index < -0.39 is 0 Å². The second-order valence-corrected chi connectivity index (χ2v) is 13.6. The van der Waals surface area contributed by atoms with Crippen molar-refractivity contribution in [2.24, 2.45) is 0 Å². The molecule has 0 saturated heterocycles. The summed E-state index contributed by atoms with van der Waals surface area (Å²) in [5, 5.41) is 7.16. The van der Waals surface area contributed by atoms with Gasteiger partial charge in [0, 0.05) is 47.9 Å². The molecule has 0 aliphatic rings. The van der Waals surface area contributed by atoms with Crippen LogP contribution in [-0.4, -0.2) is 0 Å². The van der Waals surface area contributed by atoms with Crippen molar-refractivity contribution < 1.29 is 4.42 Å². The van der Waals surface area contributed by atoms with Gasteiger partial charge in [-0.25, -0.2) is 0 Å². The van der Waals surface area contributed by atoms with Crippen LogP contribution in [0.5, 0.6) is 0 Å². The van der Waals surface area contributed by atoms with Gasteiger partial charge in [0.2, 0.25) is 0 Å². The predicted octanol–water partition coefficient (Wildman–Crippen LogP) is 13.9. The van der Waals surface area contributed by atoms with Gasteiger partial charge in [0.1, 0.15) is 5.58 Å². The minimum absolute atomic E-state index is 0.871. The van der Waals surface area contributed by atoms with E-state index in [1.54, 1.807) is 0 Å². The van der Waals surface area contributed by atoms with Gasteiger partial charge >= 0.3 is 0 Å². The van der Waals surface area contributed by atoms with Crippen LogP contribution in [-0.2, 0) is 0 Å². The summed E-state index contributed by atoms with van der Waals surface area (Å²) in [4.78, 5) is 2.36. The van der Waals surface area contributed by atoms with Gasteiger partial charge < -0.3 is 9.32 Å². The smallest absolute Gasteiger partial charge is 0.159 e. The van der Waals surface area contributed by atoms with E-state index in [2.05, 4.69) is 181 Å². The molecule has 0 bridgehead atoms. The van der Waals surface area contributed by atoms with E-state index in [0.29, 0.717) is 0 Å². The van der Waals surface area contributed by atoms with Crippen LogP contribution in [0.3, 0.4) is 0 Å². The second-order valence-electron chi connectivity index (χ2n) is 12.5. The van der Waals surface area contributed by atoms with Crippen molar-refractivity contribution in [2.75, 3.05) is 4.90 Å². The second kappa shape index (κ2) is 11.2. The van der Waals surface area contributed by atoms with Crippen molar-refractivity contribution in [3.63, 3.8) is 0 Å². The third-order valence-corrected chi connectivity index (χ3v) is 10.8. The Morgan fingerprint density at radius 2 is 1.02 bits per heavy atom. The lowest BCUT2D eigenvalue weighted by atomic mass is 10.0. The quantitative estimate of drug-likeness (QED) is 0.186. The highest BCUT2D eigenvalue weighted by molar-refractivity contribution is 7.25. The number of benzene rings is 8. The zero-order valence-electron chi connectivity index (χ0n) is 26.5. The Kier molecular flexibility index (Phi) is 6.39. The van der Waals surface area contributed by atoms with Crippen LogP contribution >= 0.6 is 11.3 Å². The van der Waals surface area contributed by atoms with Gasteiger partial charge in [0.05, 0.1) is 5.69 Å². The number of nitrogens with zero attached hydrogens (tertiary/aromatic N) is 1. The average Bonchev–Trinajstić information content (AvgIpc) is 3.74. The molecule has 10 aromatic rings. The highest BCUT2D eigenvalue weighted by atomic mass is 32.1. The van der Waals surface area contributed by atoms with E-state index >= 15 is 0 Å². The first-order valence-corrected chi connectivity index (χ1v) is 17.4. The van der Waals surface area contributed by atoms with E-state index in [-0.39, 0.29) is 0 Å². The van der Waals surface area contributed by atoms with Crippen molar-refractivity contribution in [1.29, 1.82) is 0 Å². The van der Waals surface area contributed by atoms with Gasteiger partial charge in [-0.15, -0.1) is 11.3 Å². The number of furan rings is 1. The first kappa shape index (κ1) is 27.9. The minimum Gasteiger partial charge on any atom is -0.453 e. The Balaban J connectivity index is 1.21. The molecule has 0 atom stereocenters. The average molecular weight is 644 g/mol. The topological polar surface area (TPSA) is 16.4 Å². The normalized spacial score (nSPS) is 11.7. The largest absolute Gasteiger partial charge is 0.453 e. The fourth-order valence-electron chi connectivity index (χ4n) is 7.29. The number of hydrogen-bond donors (Lipinski definition) is 0. The summed E-state index contributed by atoms with van der Waals surface area (Å²) < 4.78 is 9.53. The Labute approximate surface area is 287 Å². The van der Waals surface area contributed by atoms with Gasteiger partial charge in [-0.2, -0.15) is 0 Å². The van der Waals surface area contributed by atoms with E-state index in [4.69, 9.17) is 4.42 Å². The molecule has 10 rings (SSSR count). The zero-order valence-corrected chi connectivity index (χ0v) is 27.3. The molecular formula is C46H29NOS. The minimum atomic E-state index is 0.871.